The van der Waals surface area contributed by atoms with Gasteiger partial charge in [-0.2, -0.15) is 0 Å². The third-order valence-electron chi connectivity index (χ3n) is 2.62. The second-order valence-electron chi connectivity index (χ2n) is 3.71. The van der Waals surface area contributed by atoms with E-state index >= 15 is 0 Å². The van der Waals surface area contributed by atoms with Crippen LogP contribution in [-0.4, -0.2) is 31.8 Å². The highest BCUT2D eigenvalue weighted by Gasteiger charge is 2.27. The molecule has 0 saturated carbocycles. The van der Waals surface area contributed by atoms with E-state index in [2.05, 4.69) is 0 Å². The molecule has 1 aromatic rings. The lowest BCUT2D eigenvalue weighted by molar-refractivity contribution is -0.138. The molecule has 0 spiro atoms. The molecule has 0 aliphatic carbocycles. The number of carboxylic acid groups (broad SMARTS) is 1. The first-order chi connectivity index (χ1) is 8.56. The number of nitrogens with two attached hydrogens (primary N) is 1. The maximum Gasteiger partial charge on any atom is 0.312 e. The monoisotopic (exact) mass is 257 g/mol. The minimum Gasteiger partial charge on any atom is -0.496 e. The topological polar surface area (TPSA) is 81.8 Å². The Morgan fingerprint density at radius 3 is 2.61 bits per heavy atom. The summed E-state index contributed by atoms with van der Waals surface area (Å²) in [4.78, 5) is 11.1. The number of benzene rings is 1. The molecular formula is C12H16FNO4. The van der Waals surface area contributed by atoms with E-state index in [0.29, 0.717) is 0 Å². The lowest BCUT2D eigenvalue weighted by atomic mass is 9.95. The van der Waals surface area contributed by atoms with Gasteiger partial charge < -0.3 is 20.3 Å². The first-order valence-electron chi connectivity index (χ1n) is 5.33. The predicted octanol–water partition coefficient (Wildman–Crippen LogP) is 1.11. The highest BCUT2D eigenvalue weighted by molar-refractivity contribution is 5.77. The molecule has 6 heteroatoms. The van der Waals surface area contributed by atoms with E-state index in [0.717, 1.165) is 0 Å². The fraction of sp³-hybridized carbons (Fsp3) is 0.417. The Labute approximate surface area is 104 Å². The van der Waals surface area contributed by atoms with E-state index in [1.807, 2.05) is 0 Å². The molecule has 5 nitrogen and oxygen atoms in total. The zero-order valence-corrected chi connectivity index (χ0v) is 10.3. The molecule has 0 aliphatic rings. The van der Waals surface area contributed by atoms with Crippen LogP contribution in [0.25, 0.3) is 0 Å². The number of carboxylic acids is 1. The maximum absolute atomic E-state index is 14.2. The van der Waals surface area contributed by atoms with Crippen molar-refractivity contribution in [2.24, 2.45) is 5.73 Å². The highest BCUT2D eigenvalue weighted by Crippen LogP contribution is 2.31. The van der Waals surface area contributed by atoms with Crippen molar-refractivity contribution in [1.82, 2.24) is 0 Å². The first-order valence-corrected chi connectivity index (χ1v) is 5.33. The standard InChI is InChI=1S/C12H16FNO4/c1-17-6-7-3-4-9(18-2)10(11(7)13)8(5-14)12(15)16/h3-4,8H,5-6,14H2,1-2H3,(H,15,16). The number of ether oxygens (including phenoxy) is 2. The fourth-order valence-electron chi connectivity index (χ4n) is 1.73. The number of hydrogen-bond donors (Lipinski definition) is 2. The summed E-state index contributed by atoms with van der Waals surface area (Å²) in [7, 11) is 2.78. The van der Waals surface area contributed by atoms with Gasteiger partial charge in [0.25, 0.3) is 0 Å². The van der Waals surface area contributed by atoms with E-state index < -0.39 is 17.7 Å². The molecule has 0 heterocycles. The van der Waals surface area contributed by atoms with Crippen LogP contribution < -0.4 is 10.5 Å². The molecule has 0 aromatic heterocycles. The molecular weight excluding hydrogens is 241 g/mol. The van der Waals surface area contributed by atoms with Crippen molar-refractivity contribution in [2.45, 2.75) is 12.5 Å². The molecule has 18 heavy (non-hydrogen) atoms. The highest BCUT2D eigenvalue weighted by atomic mass is 19.1. The van der Waals surface area contributed by atoms with Gasteiger partial charge in [-0.25, -0.2) is 4.39 Å². The normalized spacial score (nSPS) is 12.2. The van der Waals surface area contributed by atoms with Crippen molar-refractivity contribution in [2.75, 3.05) is 20.8 Å². The van der Waals surface area contributed by atoms with E-state index in [9.17, 15) is 9.18 Å². The summed E-state index contributed by atoms with van der Waals surface area (Å²) in [5.41, 5.74) is 5.62. The molecule has 100 valence electrons. The molecule has 0 fully saturated rings. The molecule has 1 atom stereocenters. The SMILES string of the molecule is COCc1ccc(OC)c(C(CN)C(=O)O)c1F. The Kier molecular flexibility index (Phi) is 5.06. The van der Waals surface area contributed by atoms with Gasteiger partial charge in [0, 0.05) is 24.8 Å². The summed E-state index contributed by atoms with van der Waals surface area (Å²) in [5.74, 6) is -2.81. The maximum atomic E-state index is 14.2. The van der Waals surface area contributed by atoms with Gasteiger partial charge in [-0.3, -0.25) is 4.79 Å². The van der Waals surface area contributed by atoms with E-state index in [1.165, 1.54) is 26.4 Å². The van der Waals surface area contributed by atoms with E-state index in [4.69, 9.17) is 20.3 Å². The minimum absolute atomic E-state index is 0.0398. The van der Waals surface area contributed by atoms with Crippen LogP contribution in [0.4, 0.5) is 4.39 Å². The van der Waals surface area contributed by atoms with Gasteiger partial charge >= 0.3 is 5.97 Å². The van der Waals surface area contributed by atoms with Crippen LogP contribution in [0.5, 0.6) is 5.75 Å². The quantitative estimate of drug-likeness (QED) is 0.797. The van der Waals surface area contributed by atoms with Gasteiger partial charge in [0.1, 0.15) is 17.5 Å². The van der Waals surface area contributed by atoms with Gasteiger partial charge in [0.05, 0.1) is 13.7 Å². The van der Waals surface area contributed by atoms with Gasteiger partial charge in [-0.15, -0.1) is 0 Å². The van der Waals surface area contributed by atoms with Crippen molar-refractivity contribution in [3.8, 4) is 5.75 Å². The average molecular weight is 257 g/mol. The Balaban J connectivity index is 3.36. The Morgan fingerprint density at radius 1 is 1.50 bits per heavy atom. The Morgan fingerprint density at radius 2 is 2.17 bits per heavy atom. The molecule has 1 unspecified atom stereocenters. The zero-order chi connectivity index (χ0) is 13.7. The third kappa shape index (κ3) is 2.77. The van der Waals surface area contributed by atoms with Crippen molar-refractivity contribution in [3.63, 3.8) is 0 Å². The third-order valence-corrected chi connectivity index (χ3v) is 2.62. The second-order valence-corrected chi connectivity index (χ2v) is 3.71. The average Bonchev–Trinajstić information content (AvgIpc) is 2.34. The molecule has 1 aromatic carbocycles. The summed E-state index contributed by atoms with van der Waals surface area (Å²) < 4.78 is 24.1. The molecule has 0 aliphatic heterocycles. The van der Waals surface area contributed by atoms with Crippen LogP contribution in [0.2, 0.25) is 0 Å². The van der Waals surface area contributed by atoms with Gasteiger partial charge in [-0.05, 0) is 6.07 Å². The summed E-state index contributed by atoms with van der Waals surface area (Å²) in [6.45, 7) is -0.154. The van der Waals surface area contributed by atoms with Crippen LogP contribution in [0.15, 0.2) is 12.1 Å². The first kappa shape index (κ1) is 14.4. The van der Waals surface area contributed by atoms with E-state index in [-0.39, 0.29) is 30.0 Å². The lowest BCUT2D eigenvalue weighted by Crippen LogP contribution is -2.23. The number of halogens is 1. The molecule has 3 N–H and O–H groups in total. The largest absolute Gasteiger partial charge is 0.496 e. The molecule has 1 rings (SSSR count). The molecule has 0 saturated heterocycles. The van der Waals surface area contributed by atoms with Crippen LogP contribution in [0.1, 0.15) is 17.0 Å². The van der Waals surface area contributed by atoms with Crippen molar-refractivity contribution < 1.29 is 23.8 Å². The lowest BCUT2D eigenvalue weighted by Gasteiger charge is -2.17. The number of methoxy groups -OCH3 is 2. The van der Waals surface area contributed by atoms with Gasteiger partial charge in [0.2, 0.25) is 0 Å². The Hall–Kier alpha value is -1.66. The Bertz CT molecular complexity index is 436. The van der Waals surface area contributed by atoms with Crippen LogP contribution >= 0.6 is 0 Å². The smallest absolute Gasteiger partial charge is 0.312 e. The summed E-state index contributed by atoms with van der Waals surface area (Å²) in [6, 6.07) is 3.01. The molecule has 0 amide bonds. The van der Waals surface area contributed by atoms with Gasteiger partial charge in [-0.1, -0.05) is 6.07 Å². The predicted molar refractivity (Wildman–Crippen MR) is 63.1 cm³/mol. The van der Waals surface area contributed by atoms with E-state index in [1.54, 1.807) is 0 Å². The number of hydrogen-bond acceptors (Lipinski definition) is 4. The fourth-order valence-corrected chi connectivity index (χ4v) is 1.73. The summed E-state index contributed by atoms with van der Waals surface area (Å²) in [6.07, 6.45) is 0. The number of aliphatic carboxylic acids is 1. The van der Waals surface area contributed by atoms with Crippen LogP contribution in [0, 0.1) is 5.82 Å². The summed E-state index contributed by atoms with van der Waals surface area (Å²) in [5, 5.41) is 9.06. The number of rotatable bonds is 6. The summed E-state index contributed by atoms with van der Waals surface area (Å²) >= 11 is 0. The van der Waals surface area contributed by atoms with Crippen molar-refractivity contribution in [1.29, 1.82) is 0 Å². The van der Waals surface area contributed by atoms with Crippen molar-refractivity contribution in [3.05, 3.63) is 29.1 Å². The van der Waals surface area contributed by atoms with Gasteiger partial charge in [0.15, 0.2) is 0 Å². The molecule has 0 bridgehead atoms. The molecule has 0 radical (unpaired) electrons. The van der Waals surface area contributed by atoms with Crippen molar-refractivity contribution >= 4 is 5.97 Å². The van der Waals surface area contributed by atoms with Crippen LogP contribution in [-0.2, 0) is 16.1 Å². The zero-order valence-electron chi connectivity index (χ0n) is 10.3. The number of carbonyl (C=O) groups is 1. The minimum atomic E-state index is -1.19. The van der Waals surface area contributed by atoms with Crippen LogP contribution in [0.3, 0.4) is 0 Å². The second kappa shape index (κ2) is 6.32.